The van der Waals surface area contributed by atoms with Gasteiger partial charge in [-0.05, 0) is 12.8 Å². The van der Waals surface area contributed by atoms with Gasteiger partial charge < -0.3 is 0 Å². The largest absolute Gasteiger partial charge is 0.175 e. The minimum absolute atomic E-state index is 0.500. The van der Waals surface area contributed by atoms with E-state index in [1.807, 2.05) is 0 Å². The zero-order valence-corrected chi connectivity index (χ0v) is 15.7. The fraction of sp³-hybridized carbons (Fsp3) is 1.00. The lowest BCUT2D eigenvalue weighted by atomic mass is 10.0. The average Bonchev–Trinajstić information content (AvgIpc) is 2.45. The van der Waals surface area contributed by atoms with Crippen LogP contribution in [-0.4, -0.2) is 10.5 Å². The Labute approximate surface area is 139 Å². The lowest BCUT2D eigenvalue weighted by molar-refractivity contribution is 0.547. The highest BCUT2D eigenvalue weighted by Gasteiger charge is 2.13. The predicted octanol–water partition coefficient (Wildman–Crippen LogP) is 7.08. The summed E-state index contributed by atoms with van der Waals surface area (Å²) in [4.78, 5) is 0. The van der Waals surface area contributed by atoms with Crippen LogP contribution in [0.25, 0.3) is 0 Å². The van der Waals surface area contributed by atoms with E-state index in [9.17, 15) is 0 Å². The van der Waals surface area contributed by atoms with Gasteiger partial charge in [-0.1, -0.05) is 90.9 Å². The first-order valence-electron chi connectivity index (χ1n) is 9.08. The highest BCUT2D eigenvalue weighted by atomic mass is 32.1. The molecule has 0 heterocycles. The molecule has 0 aromatic carbocycles. The normalized spacial score (nSPS) is 14.4. The van der Waals surface area contributed by atoms with Gasteiger partial charge in [-0.3, -0.25) is 0 Å². The topological polar surface area (TPSA) is 0 Å². The Bertz CT molecular complexity index is 162. The van der Waals surface area contributed by atoms with E-state index in [1.54, 1.807) is 0 Å². The van der Waals surface area contributed by atoms with Crippen LogP contribution < -0.4 is 0 Å². The Morgan fingerprint density at radius 2 is 0.800 bits per heavy atom. The van der Waals surface area contributed by atoms with E-state index in [0.29, 0.717) is 10.5 Å². The van der Waals surface area contributed by atoms with Crippen molar-refractivity contribution in [2.75, 3.05) is 0 Å². The first kappa shape index (κ1) is 20.7. The van der Waals surface area contributed by atoms with Crippen molar-refractivity contribution in [2.24, 2.45) is 0 Å². The Balaban J connectivity index is 3.35. The molecular weight excluding hydrogens is 280 g/mol. The van der Waals surface area contributed by atoms with Gasteiger partial charge in [0, 0.05) is 10.5 Å². The van der Waals surface area contributed by atoms with Crippen molar-refractivity contribution in [3.8, 4) is 0 Å². The standard InChI is InChI=1S/C18H38S2/c1-3-5-7-9-11-13-15-17(19)18(20)16-14-12-10-8-6-4-2/h17-20H,3-16H2,1-2H3/t17-,18+. The van der Waals surface area contributed by atoms with E-state index < -0.39 is 0 Å². The molecular formula is C18H38S2. The van der Waals surface area contributed by atoms with Crippen molar-refractivity contribution in [1.29, 1.82) is 0 Å². The van der Waals surface area contributed by atoms with Crippen LogP contribution in [-0.2, 0) is 0 Å². The molecule has 2 atom stereocenters. The van der Waals surface area contributed by atoms with Crippen molar-refractivity contribution < 1.29 is 0 Å². The molecule has 0 saturated carbocycles. The summed E-state index contributed by atoms with van der Waals surface area (Å²) in [5.41, 5.74) is 0. The highest BCUT2D eigenvalue weighted by Crippen LogP contribution is 2.22. The lowest BCUT2D eigenvalue weighted by Gasteiger charge is -2.18. The van der Waals surface area contributed by atoms with Crippen LogP contribution in [0.2, 0.25) is 0 Å². The van der Waals surface area contributed by atoms with E-state index in [2.05, 4.69) is 13.8 Å². The lowest BCUT2D eigenvalue weighted by Crippen LogP contribution is -2.15. The van der Waals surface area contributed by atoms with Gasteiger partial charge >= 0.3 is 0 Å². The third kappa shape index (κ3) is 13.7. The molecule has 0 aromatic rings. The van der Waals surface area contributed by atoms with Gasteiger partial charge in [0.1, 0.15) is 0 Å². The summed E-state index contributed by atoms with van der Waals surface area (Å²) in [5, 5.41) is 1.00. The van der Waals surface area contributed by atoms with E-state index in [-0.39, 0.29) is 0 Å². The molecule has 0 N–H and O–H groups in total. The zero-order valence-electron chi connectivity index (χ0n) is 13.9. The maximum absolute atomic E-state index is 4.75. The molecule has 0 aliphatic carbocycles. The second kappa shape index (κ2) is 16.1. The van der Waals surface area contributed by atoms with E-state index in [4.69, 9.17) is 25.3 Å². The molecule has 0 nitrogen and oxygen atoms in total. The van der Waals surface area contributed by atoms with Crippen LogP contribution in [0.5, 0.6) is 0 Å². The summed E-state index contributed by atoms with van der Waals surface area (Å²) >= 11 is 9.50. The van der Waals surface area contributed by atoms with Crippen LogP contribution in [0, 0.1) is 0 Å². The predicted molar refractivity (Wildman–Crippen MR) is 102 cm³/mol. The van der Waals surface area contributed by atoms with Gasteiger partial charge in [0.25, 0.3) is 0 Å². The fourth-order valence-corrected chi connectivity index (χ4v) is 3.32. The summed E-state index contributed by atoms with van der Waals surface area (Å²) in [6.45, 7) is 4.55. The van der Waals surface area contributed by atoms with E-state index in [1.165, 1.54) is 89.9 Å². The van der Waals surface area contributed by atoms with E-state index >= 15 is 0 Å². The molecule has 0 aliphatic heterocycles. The Morgan fingerprint density at radius 1 is 0.500 bits per heavy atom. The summed E-state index contributed by atoms with van der Waals surface area (Å²) in [7, 11) is 0. The third-order valence-corrected chi connectivity index (χ3v) is 5.62. The number of hydrogen-bond acceptors (Lipinski definition) is 2. The molecule has 0 aliphatic rings. The summed E-state index contributed by atoms with van der Waals surface area (Å²) in [5.74, 6) is 0. The smallest absolute Gasteiger partial charge is 0.0133 e. The molecule has 0 aromatic heterocycles. The highest BCUT2D eigenvalue weighted by molar-refractivity contribution is 7.85. The van der Waals surface area contributed by atoms with Gasteiger partial charge in [0.2, 0.25) is 0 Å². The van der Waals surface area contributed by atoms with Crippen molar-refractivity contribution in [1.82, 2.24) is 0 Å². The molecule has 122 valence electrons. The molecule has 0 radical (unpaired) electrons. The van der Waals surface area contributed by atoms with Crippen LogP contribution in [0.15, 0.2) is 0 Å². The van der Waals surface area contributed by atoms with E-state index in [0.717, 1.165) is 0 Å². The molecule has 0 rings (SSSR count). The minimum atomic E-state index is 0.500. The fourth-order valence-electron chi connectivity index (χ4n) is 2.65. The summed E-state index contributed by atoms with van der Waals surface area (Å²) in [6.07, 6.45) is 19.1. The maximum atomic E-state index is 4.75. The Morgan fingerprint density at radius 3 is 1.15 bits per heavy atom. The van der Waals surface area contributed by atoms with Gasteiger partial charge in [0.15, 0.2) is 0 Å². The van der Waals surface area contributed by atoms with Gasteiger partial charge in [-0.2, -0.15) is 25.3 Å². The second-order valence-electron chi connectivity index (χ2n) is 6.25. The van der Waals surface area contributed by atoms with Crippen LogP contribution in [0.3, 0.4) is 0 Å². The number of unbranched alkanes of at least 4 members (excludes halogenated alkanes) is 10. The van der Waals surface area contributed by atoms with Crippen molar-refractivity contribution in [3.05, 3.63) is 0 Å². The Hall–Kier alpha value is 0.700. The third-order valence-electron chi connectivity index (χ3n) is 4.15. The van der Waals surface area contributed by atoms with Crippen LogP contribution in [0.1, 0.15) is 104 Å². The summed E-state index contributed by atoms with van der Waals surface area (Å²) < 4.78 is 0. The SMILES string of the molecule is CCCCCCCC[C@@H](S)[C@@H](S)CCCCCCCC. The number of thiol groups is 2. The molecule has 0 spiro atoms. The van der Waals surface area contributed by atoms with Crippen molar-refractivity contribution in [2.45, 2.75) is 114 Å². The number of rotatable bonds is 15. The first-order chi connectivity index (χ1) is 9.72. The minimum Gasteiger partial charge on any atom is -0.175 e. The van der Waals surface area contributed by atoms with Gasteiger partial charge in [-0.25, -0.2) is 0 Å². The maximum Gasteiger partial charge on any atom is 0.0133 e. The first-order valence-corrected chi connectivity index (χ1v) is 10.1. The number of hydrogen-bond donors (Lipinski definition) is 2. The van der Waals surface area contributed by atoms with Gasteiger partial charge in [0.05, 0.1) is 0 Å². The molecule has 0 amide bonds. The molecule has 0 unspecified atom stereocenters. The summed E-state index contributed by atoms with van der Waals surface area (Å²) in [6, 6.07) is 0. The molecule has 0 saturated heterocycles. The van der Waals surface area contributed by atoms with Crippen molar-refractivity contribution in [3.63, 3.8) is 0 Å². The quantitative estimate of drug-likeness (QED) is 0.234. The average molecular weight is 319 g/mol. The molecule has 0 bridgehead atoms. The second-order valence-corrected chi connectivity index (χ2v) is 7.57. The van der Waals surface area contributed by atoms with Crippen LogP contribution >= 0.6 is 25.3 Å². The monoisotopic (exact) mass is 318 g/mol. The van der Waals surface area contributed by atoms with Gasteiger partial charge in [-0.15, -0.1) is 0 Å². The zero-order chi connectivity index (χ0) is 15.1. The van der Waals surface area contributed by atoms with Crippen LogP contribution in [0.4, 0.5) is 0 Å². The molecule has 20 heavy (non-hydrogen) atoms. The van der Waals surface area contributed by atoms with Crippen molar-refractivity contribution >= 4 is 25.3 Å². The molecule has 2 heteroatoms. The molecule has 0 fully saturated rings. The Kier molecular flexibility index (Phi) is 16.6.